The summed E-state index contributed by atoms with van der Waals surface area (Å²) in [6.45, 7) is 3.70. The lowest BCUT2D eigenvalue weighted by Crippen LogP contribution is -2.16. The third kappa shape index (κ3) is 3.67. The van der Waals surface area contributed by atoms with E-state index in [2.05, 4.69) is 15.9 Å². The van der Waals surface area contributed by atoms with Crippen molar-refractivity contribution in [2.24, 2.45) is 5.14 Å². The molecule has 0 spiro atoms. The van der Waals surface area contributed by atoms with Crippen molar-refractivity contribution >= 4 is 36.7 Å². The summed E-state index contributed by atoms with van der Waals surface area (Å²) in [7, 11) is -2.20. The van der Waals surface area contributed by atoms with Gasteiger partial charge in [0.15, 0.2) is 0 Å². The quantitative estimate of drug-likeness (QED) is 0.617. The molecule has 27 heavy (non-hydrogen) atoms. The van der Waals surface area contributed by atoms with Crippen molar-refractivity contribution in [3.05, 3.63) is 57.6 Å². The first-order valence-corrected chi connectivity index (χ1v) is 10.7. The fourth-order valence-electron chi connectivity index (χ4n) is 3.60. The van der Waals surface area contributed by atoms with Gasteiger partial charge in [0.1, 0.15) is 11.5 Å². The molecular weight excluding hydrogens is 430 g/mol. The van der Waals surface area contributed by atoms with E-state index in [1.54, 1.807) is 13.2 Å². The van der Waals surface area contributed by atoms with E-state index in [9.17, 15) is 13.5 Å². The maximum absolute atomic E-state index is 11.9. The number of phenolic OH excluding ortho intramolecular Hbond substituents is 1. The van der Waals surface area contributed by atoms with Gasteiger partial charge < -0.3 is 9.84 Å². The molecule has 0 radical (unpaired) electrons. The molecule has 0 fully saturated rings. The number of primary sulfonamides is 1. The van der Waals surface area contributed by atoms with Crippen LogP contribution in [0.15, 0.2) is 40.9 Å². The van der Waals surface area contributed by atoms with Crippen LogP contribution in [0.2, 0.25) is 0 Å². The lowest BCUT2D eigenvalue weighted by molar-refractivity contribution is 0.408. The molecule has 0 saturated heterocycles. The van der Waals surface area contributed by atoms with Gasteiger partial charge in [-0.2, -0.15) is 0 Å². The van der Waals surface area contributed by atoms with Crippen molar-refractivity contribution in [1.82, 2.24) is 0 Å². The van der Waals surface area contributed by atoms with Gasteiger partial charge in [0.25, 0.3) is 0 Å². The number of hydrogen-bond acceptors (Lipinski definition) is 4. The minimum Gasteiger partial charge on any atom is -0.506 e. The molecule has 0 saturated carbocycles. The molecule has 0 bridgehead atoms. The number of sulfonamides is 1. The molecular formula is C20H20BrNO4S. The third-order valence-corrected chi connectivity index (χ3v) is 5.89. The van der Waals surface area contributed by atoms with Gasteiger partial charge in [-0.15, -0.1) is 0 Å². The Morgan fingerprint density at radius 1 is 1.15 bits per heavy atom. The van der Waals surface area contributed by atoms with Crippen LogP contribution >= 0.6 is 15.9 Å². The molecule has 3 aromatic carbocycles. The molecule has 5 nitrogen and oxygen atoms in total. The number of aryl methyl sites for hydroxylation is 1. The first kappa shape index (κ1) is 19.7. The van der Waals surface area contributed by atoms with Gasteiger partial charge in [0, 0.05) is 5.56 Å². The summed E-state index contributed by atoms with van der Waals surface area (Å²) in [6, 6.07) is 11.2. The summed E-state index contributed by atoms with van der Waals surface area (Å²) in [6.07, 6.45) is 0. The van der Waals surface area contributed by atoms with Crippen LogP contribution in [0.4, 0.5) is 0 Å². The maximum atomic E-state index is 11.9. The van der Waals surface area contributed by atoms with Gasteiger partial charge in [-0.3, -0.25) is 0 Å². The number of phenols is 1. The predicted molar refractivity (Wildman–Crippen MR) is 112 cm³/mol. The number of rotatable bonds is 4. The Kier molecular flexibility index (Phi) is 5.20. The normalized spacial score (nSPS) is 11.7. The minimum atomic E-state index is -3.77. The maximum Gasteiger partial charge on any atom is 0.213 e. The van der Waals surface area contributed by atoms with E-state index in [1.807, 2.05) is 44.2 Å². The second-order valence-corrected chi connectivity index (χ2v) is 8.96. The number of nitrogens with two attached hydrogens (primary N) is 1. The van der Waals surface area contributed by atoms with Gasteiger partial charge in [-0.25, -0.2) is 13.6 Å². The Morgan fingerprint density at radius 3 is 2.44 bits per heavy atom. The summed E-state index contributed by atoms with van der Waals surface area (Å²) >= 11 is 3.40. The fraction of sp³-hybridized carbons (Fsp3) is 0.200. The molecule has 0 atom stereocenters. The molecule has 0 amide bonds. The first-order chi connectivity index (χ1) is 12.6. The number of benzene rings is 3. The highest BCUT2D eigenvalue weighted by atomic mass is 79.9. The fourth-order valence-corrected chi connectivity index (χ4v) is 4.70. The van der Waals surface area contributed by atoms with Crippen molar-refractivity contribution < 1.29 is 18.3 Å². The van der Waals surface area contributed by atoms with E-state index in [0.29, 0.717) is 26.9 Å². The number of methoxy groups -OCH3 is 1. The van der Waals surface area contributed by atoms with Crippen LogP contribution in [-0.2, 0) is 15.8 Å². The average Bonchev–Trinajstić information content (AvgIpc) is 2.56. The minimum absolute atomic E-state index is 0.0402. The zero-order chi connectivity index (χ0) is 19.9. The van der Waals surface area contributed by atoms with Crippen LogP contribution in [0.25, 0.3) is 21.9 Å². The van der Waals surface area contributed by atoms with Gasteiger partial charge in [-0.05, 0) is 68.9 Å². The van der Waals surface area contributed by atoms with Crippen molar-refractivity contribution in [2.75, 3.05) is 7.11 Å². The Balaban J connectivity index is 2.51. The molecule has 0 heterocycles. The van der Waals surface area contributed by atoms with E-state index < -0.39 is 10.0 Å². The molecule has 142 valence electrons. The van der Waals surface area contributed by atoms with Crippen molar-refractivity contribution in [3.63, 3.8) is 0 Å². The summed E-state index contributed by atoms with van der Waals surface area (Å²) in [5, 5.41) is 17.9. The molecule has 0 aromatic heterocycles. The Bertz CT molecular complexity index is 1160. The lowest BCUT2D eigenvalue weighted by atomic mass is 9.89. The SMILES string of the molecule is COc1c(C)cc(CS(N)(=O)=O)c(-c2c(O)c(Br)cc3ccccc23)c1C. The van der Waals surface area contributed by atoms with Crippen LogP contribution in [-0.4, -0.2) is 20.6 Å². The summed E-state index contributed by atoms with van der Waals surface area (Å²) in [5.74, 6) is 0.346. The highest BCUT2D eigenvalue weighted by molar-refractivity contribution is 9.10. The highest BCUT2D eigenvalue weighted by Gasteiger charge is 2.23. The van der Waals surface area contributed by atoms with Crippen LogP contribution < -0.4 is 9.88 Å². The van der Waals surface area contributed by atoms with Crippen molar-refractivity contribution in [3.8, 4) is 22.6 Å². The zero-order valence-corrected chi connectivity index (χ0v) is 17.6. The van der Waals surface area contributed by atoms with E-state index in [1.165, 1.54) is 0 Å². The molecule has 0 aliphatic carbocycles. The van der Waals surface area contributed by atoms with Crippen molar-refractivity contribution in [2.45, 2.75) is 19.6 Å². The topological polar surface area (TPSA) is 89.6 Å². The monoisotopic (exact) mass is 449 g/mol. The molecule has 3 rings (SSSR count). The molecule has 3 N–H and O–H groups in total. The van der Waals surface area contributed by atoms with E-state index in [0.717, 1.165) is 21.9 Å². The number of aromatic hydroxyl groups is 1. The van der Waals surface area contributed by atoms with Crippen LogP contribution in [0.5, 0.6) is 11.5 Å². The summed E-state index contributed by atoms with van der Waals surface area (Å²) in [4.78, 5) is 0. The molecule has 0 unspecified atom stereocenters. The smallest absolute Gasteiger partial charge is 0.213 e. The largest absolute Gasteiger partial charge is 0.506 e. The number of hydrogen-bond donors (Lipinski definition) is 2. The van der Waals surface area contributed by atoms with Crippen LogP contribution in [0.3, 0.4) is 0 Å². The van der Waals surface area contributed by atoms with E-state index in [-0.39, 0.29) is 11.5 Å². The number of ether oxygens (including phenoxy) is 1. The third-order valence-electron chi connectivity index (χ3n) is 4.57. The number of halogens is 1. The first-order valence-electron chi connectivity index (χ1n) is 8.22. The molecule has 0 aliphatic rings. The predicted octanol–water partition coefficient (Wildman–Crippen LogP) is 4.39. The second-order valence-electron chi connectivity index (χ2n) is 6.50. The Hall–Kier alpha value is -2.09. The Morgan fingerprint density at radius 2 is 1.81 bits per heavy atom. The van der Waals surface area contributed by atoms with E-state index >= 15 is 0 Å². The average molecular weight is 450 g/mol. The molecule has 7 heteroatoms. The van der Waals surface area contributed by atoms with E-state index in [4.69, 9.17) is 9.88 Å². The standard InChI is InChI=1S/C20H20BrNO4S/c1-11-8-14(10-27(22,24)25)17(12(2)20(11)26-3)18-15-7-5-4-6-13(15)9-16(21)19(18)23/h4-9,23H,10H2,1-3H3,(H2,22,24,25). The van der Waals surface area contributed by atoms with Crippen LogP contribution in [0.1, 0.15) is 16.7 Å². The lowest BCUT2D eigenvalue weighted by Gasteiger charge is -2.21. The van der Waals surface area contributed by atoms with Crippen LogP contribution in [0, 0.1) is 13.8 Å². The molecule has 0 aliphatic heterocycles. The zero-order valence-electron chi connectivity index (χ0n) is 15.2. The van der Waals surface area contributed by atoms with Gasteiger partial charge >= 0.3 is 0 Å². The van der Waals surface area contributed by atoms with Crippen molar-refractivity contribution in [1.29, 1.82) is 0 Å². The van der Waals surface area contributed by atoms with Gasteiger partial charge in [-0.1, -0.05) is 30.3 Å². The second kappa shape index (κ2) is 7.14. The summed E-state index contributed by atoms with van der Waals surface area (Å²) in [5.41, 5.74) is 3.23. The van der Waals surface area contributed by atoms with Gasteiger partial charge in [0.2, 0.25) is 10.0 Å². The molecule has 3 aromatic rings. The Labute approximate surface area is 167 Å². The van der Waals surface area contributed by atoms with Gasteiger partial charge in [0.05, 0.1) is 17.3 Å². The number of fused-ring (bicyclic) bond motifs is 1. The highest BCUT2D eigenvalue weighted by Crippen LogP contribution is 2.46. The summed E-state index contributed by atoms with van der Waals surface area (Å²) < 4.78 is 29.8.